The molecule has 2 fully saturated rings. The van der Waals surface area contributed by atoms with Crippen molar-refractivity contribution in [2.75, 3.05) is 0 Å². The molecule has 2 saturated carbocycles. The molecule has 0 aromatic heterocycles. The first-order valence-corrected chi connectivity index (χ1v) is 7.40. The van der Waals surface area contributed by atoms with Crippen molar-refractivity contribution in [1.82, 2.24) is 0 Å². The van der Waals surface area contributed by atoms with Crippen molar-refractivity contribution in [3.63, 3.8) is 0 Å². The van der Waals surface area contributed by atoms with E-state index >= 15 is 0 Å². The van der Waals surface area contributed by atoms with Gasteiger partial charge < -0.3 is 5.11 Å². The minimum atomic E-state index is -0.278. The van der Waals surface area contributed by atoms with Crippen molar-refractivity contribution < 1.29 is 5.11 Å². The van der Waals surface area contributed by atoms with Crippen molar-refractivity contribution in [2.24, 2.45) is 11.3 Å². The van der Waals surface area contributed by atoms with Gasteiger partial charge >= 0.3 is 0 Å². The van der Waals surface area contributed by atoms with Gasteiger partial charge in [-0.15, -0.1) is 0 Å². The maximum atomic E-state index is 10.4. The van der Waals surface area contributed by atoms with Crippen LogP contribution in [0.1, 0.15) is 50.2 Å². The van der Waals surface area contributed by atoms with Gasteiger partial charge in [-0.1, -0.05) is 28.1 Å². The van der Waals surface area contributed by atoms with E-state index in [4.69, 9.17) is 0 Å². The molecule has 1 nitrogen and oxygen atoms in total. The Kier molecular flexibility index (Phi) is 3.04. The fraction of sp³-hybridized carbons (Fsp3) is 0.600. The number of aliphatic hydroxyl groups excluding tert-OH is 1. The van der Waals surface area contributed by atoms with E-state index in [0.29, 0.717) is 5.41 Å². The van der Waals surface area contributed by atoms with Crippen LogP contribution in [-0.2, 0) is 0 Å². The lowest BCUT2D eigenvalue weighted by molar-refractivity contribution is 0.100. The monoisotopic (exact) mass is 294 g/mol. The second-order valence-corrected chi connectivity index (χ2v) is 6.83. The van der Waals surface area contributed by atoms with Crippen molar-refractivity contribution >= 4 is 15.9 Å². The molecule has 2 aliphatic rings. The normalized spacial score (nSPS) is 32.9. The lowest BCUT2D eigenvalue weighted by Crippen LogP contribution is -2.18. The lowest BCUT2D eigenvalue weighted by atomic mass is 9.78. The predicted molar refractivity (Wildman–Crippen MR) is 72.7 cm³/mol. The van der Waals surface area contributed by atoms with Gasteiger partial charge in [0.25, 0.3) is 0 Å². The Morgan fingerprint density at radius 1 is 1.24 bits per heavy atom. The summed E-state index contributed by atoms with van der Waals surface area (Å²) in [5.41, 5.74) is 1.54. The summed E-state index contributed by atoms with van der Waals surface area (Å²) in [7, 11) is 0. The topological polar surface area (TPSA) is 20.2 Å². The van der Waals surface area contributed by atoms with Crippen LogP contribution in [0.5, 0.6) is 0 Å². The molecule has 1 aromatic rings. The third-order valence-electron chi connectivity index (χ3n) is 4.77. The molecule has 0 amide bonds. The van der Waals surface area contributed by atoms with E-state index in [-0.39, 0.29) is 6.10 Å². The van der Waals surface area contributed by atoms with Crippen LogP contribution in [0.3, 0.4) is 0 Å². The zero-order valence-electron chi connectivity index (χ0n) is 10.0. The van der Waals surface area contributed by atoms with Gasteiger partial charge in [0.2, 0.25) is 0 Å². The van der Waals surface area contributed by atoms with Crippen LogP contribution in [0.2, 0.25) is 0 Å². The van der Waals surface area contributed by atoms with Crippen molar-refractivity contribution in [3.8, 4) is 0 Å². The highest BCUT2D eigenvalue weighted by atomic mass is 79.9. The molecule has 0 spiro atoms. The molecule has 2 bridgehead atoms. The fourth-order valence-electron chi connectivity index (χ4n) is 3.81. The number of benzene rings is 1. The first-order chi connectivity index (χ1) is 8.17. The van der Waals surface area contributed by atoms with Gasteiger partial charge in [-0.2, -0.15) is 0 Å². The summed E-state index contributed by atoms with van der Waals surface area (Å²) >= 11 is 3.43. The smallest absolute Gasteiger partial charge is 0.0795 e. The van der Waals surface area contributed by atoms with Crippen LogP contribution >= 0.6 is 15.9 Å². The van der Waals surface area contributed by atoms with E-state index in [1.54, 1.807) is 0 Å². The fourth-order valence-corrected chi connectivity index (χ4v) is 4.08. The number of hydrogen-bond acceptors (Lipinski definition) is 1. The Morgan fingerprint density at radius 3 is 2.41 bits per heavy atom. The third kappa shape index (κ3) is 2.30. The summed E-state index contributed by atoms with van der Waals surface area (Å²) in [6, 6.07) is 8.10. The molecule has 0 radical (unpaired) electrons. The van der Waals surface area contributed by atoms with Crippen molar-refractivity contribution in [3.05, 3.63) is 34.3 Å². The number of halogens is 1. The van der Waals surface area contributed by atoms with Crippen LogP contribution in [0.4, 0.5) is 0 Å². The summed E-state index contributed by atoms with van der Waals surface area (Å²) in [6.07, 6.45) is 7.52. The molecule has 92 valence electrons. The van der Waals surface area contributed by atoms with Gasteiger partial charge in [0, 0.05) is 4.47 Å². The van der Waals surface area contributed by atoms with Gasteiger partial charge in [-0.3, -0.25) is 0 Å². The quantitative estimate of drug-likeness (QED) is 0.873. The van der Waals surface area contributed by atoms with Crippen LogP contribution < -0.4 is 0 Å². The molecule has 1 unspecified atom stereocenters. The van der Waals surface area contributed by atoms with E-state index in [0.717, 1.165) is 22.4 Å². The molecule has 1 aromatic carbocycles. The zero-order valence-corrected chi connectivity index (χ0v) is 11.6. The summed E-state index contributed by atoms with van der Waals surface area (Å²) in [5.74, 6) is 0.965. The average Bonchev–Trinajstić information content (AvgIpc) is 2.89. The Labute approximate surface area is 111 Å². The Morgan fingerprint density at radius 2 is 1.88 bits per heavy atom. The standard InChI is InChI=1S/C15H19BrO/c16-13-3-1-12(2-4-13)14(17)10-15-7-5-11(9-15)6-8-15/h1-4,11,14,17H,5-10H2. The molecular weight excluding hydrogens is 276 g/mol. The maximum absolute atomic E-state index is 10.4. The third-order valence-corrected chi connectivity index (χ3v) is 5.30. The van der Waals surface area contributed by atoms with Gasteiger partial charge in [0.05, 0.1) is 6.10 Å². The van der Waals surface area contributed by atoms with E-state index in [9.17, 15) is 5.11 Å². The highest BCUT2D eigenvalue weighted by Crippen LogP contribution is 2.57. The number of fused-ring (bicyclic) bond motifs is 2. The first kappa shape index (κ1) is 11.7. The minimum Gasteiger partial charge on any atom is -0.388 e. The summed E-state index contributed by atoms with van der Waals surface area (Å²) in [5, 5.41) is 10.4. The zero-order chi connectivity index (χ0) is 11.9. The van der Waals surface area contributed by atoms with Gasteiger partial charge in [-0.25, -0.2) is 0 Å². The molecule has 0 aliphatic heterocycles. The Balaban J connectivity index is 1.71. The molecule has 1 N–H and O–H groups in total. The van der Waals surface area contributed by atoms with Crippen LogP contribution in [0.15, 0.2) is 28.7 Å². The first-order valence-electron chi connectivity index (χ1n) is 6.60. The highest BCUT2D eigenvalue weighted by Gasteiger charge is 2.45. The maximum Gasteiger partial charge on any atom is 0.0795 e. The lowest BCUT2D eigenvalue weighted by Gasteiger charge is -2.29. The van der Waals surface area contributed by atoms with E-state index in [2.05, 4.69) is 15.9 Å². The van der Waals surface area contributed by atoms with Gasteiger partial charge in [0.15, 0.2) is 0 Å². The molecule has 0 heterocycles. The van der Waals surface area contributed by atoms with E-state index < -0.39 is 0 Å². The average molecular weight is 295 g/mol. The Hall–Kier alpha value is -0.340. The number of hydrogen-bond donors (Lipinski definition) is 1. The van der Waals surface area contributed by atoms with E-state index in [1.807, 2.05) is 24.3 Å². The Bertz CT molecular complexity index is 390. The number of rotatable bonds is 3. The largest absolute Gasteiger partial charge is 0.388 e. The molecule has 2 aliphatic carbocycles. The van der Waals surface area contributed by atoms with Gasteiger partial charge in [-0.05, 0) is 67.6 Å². The molecule has 0 saturated heterocycles. The van der Waals surface area contributed by atoms with Gasteiger partial charge in [0.1, 0.15) is 0 Å². The van der Waals surface area contributed by atoms with Crippen LogP contribution in [0, 0.1) is 11.3 Å². The van der Waals surface area contributed by atoms with Crippen molar-refractivity contribution in [2.45, 2.75) is 44.6 Å². The van der Waals surface area contributed by atoms with E-state index in [1.165, 1.54) is 32.1 Å². The highest BCUT2D eigenvalue weighted by molar-refractivity contribution is 9.10. The van der Waals surface area contributed by atoms with Crippen LogP contribution in [0.25, 0.3) is 0 Å². The summed E-state index contributed by atoms with van der Waals surface area (Å²) in [6.45, 7) is 0. The van der Waals surface area contributed by atoms with Crippen LogP contribution in [-0.4, -0.2) is 5.11 Å². The molecule has 2 heteroatoms. The second kappa shape index (κ2) is 4.40. The molecular formula is C15H19BrO. The summed E-state index contributed by atoms with van der Waals surface area (Å²) in [4.78, 5) is 0. The molecule has 1 atom stereocenters. The second-order valence-electron chi connectivity index (χ2n) is 5.92. The predicted octanol–water partition coefficient (Wildman–Crippen LogP) is 4.45. The minimum absolute atomic E-state index is 0.278. The number of aliphatic hydroxyl groups is 1. The molecule has 3 rings (SSSR count). The molecule has 17 heavy (non-hydrogen) atoms. The summed E-state index contributed by atoms with van der Waals surface area (Å²) < 4.78 is 1.08. The van der Waals surface area contributed by atoms with Crippen molar-refractivity contribution in [1.29, 1.82) is 0 Å². The SMILES string of the molecule is OC(CC12CCC(CC1)C2)c1ccc(Br)cc1.